The number of halogens is 1. The average molecular weight is 276 g/mol. The highest BCUT2D eigenvalue weighted by molar-refractivity contribution is 6.17. The van der Waals surface area contributed by atoms with Gasteiger partial charge in [0, 0.05) is 6.54 Å². The maximum absolute atomic E-state index is 12.0. The molecule has 0 radical (unpaired) electrons. The molecule has 5 nitrogen and oxygen atoms in total. The Morgan fingerprint density at radius 1 is 1.39 bits per heavy atom. The Morgan fingerprint density at radius 2 is 2.06 bits per heavy atom. The summed E-state index contributed by atoms with van der Waals surface area (Å²) in [6, 6.07) is -0.710. The molecule has 1 saturated carbocycles. The van der Waals surface area contributed by atoms with Crippen LogP contribution in [0.3, 0.4) is 0 Å². The van der Waals surface area contributed by atoms with E-state index in [1.165, 1.54) is 4.90 Å². The summed E-state index contributed by atoms with van der Waals surface area (Å²) in [6.45, 7) is 5.97. The van der Waals surface area contributed by atoms with Crippen molar-refractivity contribution in [2.45, 2.75) is 38.8 Å². The van der Waals surface area contributed by atoms with Crippen molar-refractivity contribution >= 4 is 23.7 Å². The van der Waals surface area contributed by atoms with Crippen molar-refractivity contribution in [3.8, 4) is 0 Å². The molecule has 1 aliphatic heterocycles. The number of alkyl halides is 1. The van der Waals surface area contributed by atoms with E-state index in [0.29, 0.717) is 12.5 Å². The molecule has 0 spiro atoms. The molecule has 18 heavy (non-hydrogen) atoms. The number of likely N-dealkylation sites (tertiary alicyclic amines) is 1. The van der Waals surface area contributed by atoms with Crippen LogP contribution < -0.4 is 0 Å². The van der Waals surface area contributed by atoms with Gasteiger partial charge in [0.1, 0.15) is 11.6 Å². The van der Waals surface area contributed by atoms with E-state index in [9.17, 15) is 9.59 Å². The molecular formula is C12H18ClNO4. The first-order chi connectivity index (χ1) is 8.33. The smallest absolute Gasteiger partial charge is 0.411 e. The van der Waals surface area contributed by atoms with Crippen molar-refractivity contribution in [1.29, 1.82) is 0 Å². The molecule has 0 aromatic heterocycles. The topological polar surface area (TPSA) is 55.8 Å². The maximum Gasteiger partial charge on any atom is 0.411 e. The molecule has 2 rings (SSSR count). The first-order valence-electron chi connectivity index (χ1n) is 6.05. The molecule has 102 valence electrons. The second-order valence-electron chi connectivity index (χ2n) is 5.81. The first-order valence-corrected chi connectivity index (χ1v) is 6.59. The fraction of sp³-hybridized carbons (Fsp3) is 0.833. The fourth-order valence-electron chi connectivity index (χ4n) is 2.41. The zero-order chi connectivity index (χ0) is 13.5. The number of piperidine rings is 1. The Kier molecular flexibility index (Phi) is 3.45. The van der Waals surface area contributed by atoms with Gasteiger partial charge in [-0.05, 0) is 39.0 Å². The summed E-state index contributed by atoms with van der Waals surface area (Å²) < 4.78 is 10.1. The second kappa shape index (κ2) is 4.61. The van der Waals surface area contributed by atoms with Crippen LogP contribution in [0.5, 0.6) is 0 Å². The second-order valence-corrected chi connectivity index (χ2v) is 6.03. The third-order valence-corrected chi connectivity index (χ3v) is 3.33. The van der Waals surface area contributed by atoms with Crippen molar-refractivity contribution in [2.24, 2.45) is 11.8 Å². The standard InChI is InChI=1S/C12H18ClNO4/c1-12(2,3)18-11(16)14-5-7-4-8(7)9(14)10(15)17-6-13/h7-9H,4-6H2,1-3H3. The van der Waals surface area contributed by atoms with E-state index in [1.54, 1.807) is 20.8 Å². The first kappa shape index (κ1) is 13.5. The molecule has 3 atom stereocenters. The maximum atomic E-state index is 12.0. The third kappa shape index (κ3) is 2.71. The highest BCUT2D eigenvalue weighted by Crippen LogP contribution is 2.50. The van der Waals surface area contributed by atoms with E-state index >= 15 is 0 Å². The lowest BCUT2D eigenvalue weighted by molar-refractivity contribution is -0.147. The van der Waals surface area contributed by atoms with Crippen molar-refractivity contribution in [2.75, 3.05) is 12.6 Å². The molecule has 2 fully saturated rings. The van der Waals surface area contributed by atoms with Crippen LogP contribution in [-0.4, -0.2) is 41.2 Å². The van der Waals surface area contributed by atoms with Crippen LogP contribution in [0.1, 0.15) is 27.2 Å². The number of amides is 1. The van der Waals surface area contributed by atoms with Gasteiger partial charge < -0.3 is 9.47 Å². The summed E-state index contributed by atoms with van der Waals surface area (Å²) in [5.41, 5.74) is -0.565. The van der Waals surface area contributed by atoms with E-state index < -0.39 is 23.7 Å². The van der Waals surface area contributed by atoms with Gasteiger partial charge in [-0.2, -0.15) is 0 Å². The molecule has 1 saturated heterocycles. The largest absolute Gasteiger partial charge is 0.448 e. The zero-order valence-corrected chi connectivity index (χ0v) is 11.6. The Balaban J connectivity index is 2.03. The van der Waals surface area contributed by atoms with E-state index in [2.05, 4.69) is 0 Å². The van der Waals surface area contributed by atoms with Crippen molar-refractivity contribution in [3.05, 3.63) is 0 Å². The minimum Gasteiger partial charge on any atom is -0.448 e. The van der Waals surface area contributed by atoms with Crippen molar-refractivity contribution in [3.63, 3.8) is 0 Å². The molecule has 1 amide bonds. The van der Waals surface area contributed by atoms with Crippen LogP contribution in [-0.2, 0) is 14.3 Å². The van der Waals surface area contributed by atoms with E-state index in [1.807, 2.05) is 0 Å². The molecule has 1 aliphatic carbocycles. The predicted molar refractivity (Wildman–Crippen MR) is 65.1 cm³/mol. The zero-order valence-electron chi connectivity index (χ0n) is 10.8. The Bertz CT molecular complexity index is 366. The number of carbonyl (C=O) groups excluding carboxylic acids is 2. The highest BCUT2D eigenvalue weighted by atomic mass is 35.5. The van der Waals surface area contributed by atoms with Gasteiger partial charge in [0.05, 0.1) is 0 Å². The summed E-state index contributed by atoms with van der Waals surface area (Å²) in [7, 11) is 0. The Labute approximate surface area is 111 Å². The number of nitrogens with zero attached hydrogens (tertiary/aromatic N) is 1. The lowest BCUT2D eigenvalue weighted by atomic mass is 10.2. The predicted octanol–water partition coefficient (Wildman–Crippen LogP) is 1.98. The molecule has 6 heteroatoms. The van der Waals surface area contributed by atoms with E-state index in [-0.39, 0.29) is 12.0 Å². The number of rotatable bonds is 2. The molecule has 0 N–H and O–H groups in total. The van der Waals surface area contributed by atoms with Crippen LogP contribution in [0.4, 0.5) is 4.79 Å². The van der Waals surface area contributed by atoms with Gasteiger partial charge in [-0.3, -0.25) is 4.90 Å². The molecular weight excluding hydrogens is 258 g/mol. The fourth-order valence-corrected chi connectivity index (χ4v) is 2.52. The summed E-state index contributed by atoms with van der Waals surface area (Å²) in [4.78, 5) is 25.3. The Morgan fingerprint density at radius 3 is 2.61 bits per heavy atom. The molecule has 0 aromatic carbocycles. The molecule has 0 aromatic rings. The van der Waals surface area contributed by atoms with Crippen LogP contribution in [0.15, 0.2) is 0 Å². The quantitative estimate of drug-likeness (QED) is 0.571. The van der Waals surface area contributed by atoms with Gasteiger partial charge in [0.25, 0.3) is 0 Å². The van der Waals surface area contributed by atoms with Gasteiger partial charge >= 0.3 is 12.1 Å². The van der Waals surface area contributed by atoms with E-state index in [0.717, 1.165) is 6.42 Å². The van der Waals surface area contributed by atoms with Gasteiger partial charge in [-0.25, -0.2) is 9.59 Å². The van der Waals surface area contributed by atoms with Gasteiger partial charge in [0.15, 0.2) is 6.07 Å². The summed E-state index contributed by atoms with van der Waals surface area (Å²) in [6.07, 6.45) is 0.521. The highest BCUT2D eigenvalue weighted by Gasteiger charge is 2.58. The third-order valence-electron chi connectivity index (χ3n) is 3.22. The lowest BCUT2D eigenvalue weighted by Gasteiger charge is -2.29. The molecule has 2 aliphatic rings. The van der Waals surface area contributed by atoms with Crippen LogP contribution >= 0.6 is 11.6 Å². The monoisotopic (exact) mass is 275 g/mol. The normalized spacial score (nSPS) is 29.8. The lowest BCUT2D eigenvalue weighted by Crippen LogP contribution is -2.46. The number of hydrogen-bond acceptors (Lipinski definition) is 4. The molecule has 0 bridgehead atoms. The average Bonchev–Trinajstić information content (AvgIpc) is 2.87. The van der Waals surface area contributed by atoms with Gasteiger partial charge in [-0.1, -0.05) is 11.6 Å². The summed E-state index contributed by atoms with van der Waals surface area (Å²) in [5.74, 6) is 0.194. The van der Waals surface area contributed by atoms with E-state index in [4.69, 9.17) is 21.1 Å². The minimum atomic E-state index is -0.565. The van der Waals surface area contributed by atoms with Crippen LogP contribution in [0.2, 0.25) is 0 Å². The van der Waals surface area contributed by atoms with Gasteiger partial charge in [0.2, 0.25) is 0 Å². The molecule has 3 unspecified atom stereocenters. The number of hydrogen-bond donors (Lipinski definition) is 0. The van der Waals surface area contributed by atoms with Crippen LogP contribution in [0, 0.1) is 11.8 Å². The van der Waals surface area contributed by atoms with Crippen LogP contribution in [0.25, 0.3) is 0 Å². The number of ether oxygens (including phenoxy) is 2. The summed E-state index contributed by atoms with van der Waals surface area (Å²) in [5, 5.41) is 0. The van der Waals surface area contributed by atoms with Crippen molar-refractivity contribution in [1.82, 2.24) is 4.90 Å². The number of carbonyl (C=O) groups is 2. The summed E-state index contributed by atoms with van der Waals surface area (Å²) >= 11 is 5.39. The van der Waals surface area contributed by atoms with Crippen molar-refractivity contribution < 1.29 is 19.1 Å². The minimum absolute atomic E-state index is 0.186. The molecule has 1 heterocycles. The number of fused-ring (bicyclic) bond motifs is 1. The van der Waals surface area contributed by atoms with Gasteiger partial charge in [-0.15, -0.1) is 0 Å². The number of esters is 1. The SMILES string of the molecule is CC(C)(C)OC(=O)N1CC2CC2C1C(=O)OCCl. The Hall–Kier alpha value is -0.970.